The third-order valence-electron chi connectivity index (χ3n) is 7.03. The van der Waals surface area contributed by atoms with Gasteiger partial charge in [-0.3, -0.25) is 14.4 Å². The molecule has 38 heavy (non-hydrogen) atoms. The van der Waals surface area contributed by atoms with Gasteiger partial charge in [-0.05, 0) is 37.5 Å². The second-order valence-corrected chi connectivity index (χ2v) is 10.0. The summed E-state index contributed by atoms with van der Waals surface area (Å²) < 4.78 is 12.8. The van der Waals surface area contributed by atoms with Gasteiger partial charge < -0.3 is 29.2 Å². The number of amides is 2. The summed E-state index contributed by atoms with van der Waals surface area (Å²) >= 11 is 0. The average Bonchev–Trinajstić information content (AvgIpc) is 3.39. The Labute approximate surface area is 221 Å². The lowest BCUT2D eigenvalue weighted by molar-refractivity contribution is -0.134. The smallest absolute Gasteiger partial charge is 0.257 e. The molecule has 10 nitrogen and oxygen atoms in total. The Balaban J connectivity index is 1.36. The molecule has 200 valence electrons. The zero-order valence-corrected chi connectivity index (χ0v) is 22.0. The quantitative estimate of drug-likeness (QED) is 0.512. The molecule has 5 rings (SSSR count). The zero-order chi connectivity index (χ0) is 26.8. The largest absolute Gasteiger partial charge is 0.454 e. The summed E-state index contributed by atoms with van der Waals surface area (Å²) in [6.45, 7) is 8.98. The first kappa shape index (κ1) is 25.6. The summed E-state index contributed by atoms with van der Waals surface area (Å²) in [6.07, 6.45) is 3.79. The Kier molecular flexibility index (Phi) is 7.22. The van der Waals surface area contributed by atoms with Gasteiger partial charge in [0.15, 0.2) is 11.5 Å². The molecule has 0 radical (unpaired) electrons. The molecule has 2 aromatic heterocycles. The summed E-state index contributed by atoms with van der Waals surface area (Å²) in [5.41, 5.74) is 0.263. The Bertz CT molecular complexity index is 1400. The van der Waals surface area contributed by atoms with Crippen molar-refractivity contribution < 1.29 is 19.1 Å². The van der Waals surface area contributed by atoms with Gasteiger partial charge in [-0.2, -0.15) is 0 Å². The fraction of sp³-hybridized carbons (Fsp3) is 0.429. The van der Waals surface area contributed by atoms with Crippen molar-refractivity contribution in [1.29, 1.82) is 0 Å². The molecule has 0 saturated carbocycles. The van der Waals surface area contributed by atoms with Crippen molar-refractivity contribution in [3.63, 3.8) is 0 Å². The summed E-state index contributed by atoms with van der Waals surface area (Å²) in [5, 5.41) is 3.26. The van der Waals surface area contributed by atoms with E-state index in [-0.39, 0.29) is 24.2 Å². The number of piperazine rings is 1. The van der Waals surface area contributed by atoms with Gasteiger partial charge in [-0.15, -0.1) is 0 Å². The molecule has 0 unspecified atom stereocenters. The standard InChI is InChI=1S/C28H33N5O5/c1-4-31-16-20(26(34)19-14-23-24(15-22(19)31)38-17-37-23)27(35)30-21(13-18(2)3)28(36)33-11-9-32(10-12-33)25-7-5-6-8-29-25/h5-8,14-16,18,21H,4,9-13,17H2,1-3H3,(H,30,35)/t21-/m0/s1. The first-order chi connectivity index (χ1) is 18.4. The normalized spacial score (nSPS) is 15.7. The number of benzene rings is 1. The number of aromatic nitrogens is 2. The molecule has 1 atom stereocenters. The van der Waals surface area contributed by atoms with Crippen LogP contribution in [0.15, 0.2) is 47.5 Å². The molecule has 1 aromatic carbocycles. The minimum absolute atomic E-state index is 0.000238. The van der Waals surface area contributed by atoms with Gasteiger partial charge in [-0.25, -0.2) is 4.98 Å². The highest BCUT2D eigenvalue weighted by atomic mass is 16.7. The molecule has 4 heterocycles. The summed E-state index contributed by atoms with van der Waals surface area (Å²) in [5.74, 6) is 1.42. The molecule has 2 aliphatic heterocycles. The van der Waals surface area contributed by atoms with E-state index >= 15 is 0 Å². The minimum atomic E-state index is -0.731. The number of nitrogens with zero attached hydrogens (tertiary/aromatic N) is 4. The number of carbonyl (C=O) groups is 2. The van der Waals surface area contributed by atoms with Crippen molar-refractivity contribution in [2.24, 2.45) is 5.92 Å². The maximum Gasteiger partial charge on any atom is 0.257 e. The molecular weight excluding hydrogens is 486 g/mol. The molecule has 0 bridgehead atoms. The highest BCUT2D eigenvalue weighted by Gasteiger charge is 2.31. The first-order valence-electron chi connectivity index (χ1n) is 13.1. The molecule has 1 fully saturated rings. The number of fused-ring (bicyclic) bond motifs is 2. The molecule has 2 amide bonds. The van der Waals surface area contributed by atoms with E-state index in [1.165, 1.54) is 0 Å². The fourth-order valence-electron chi connectivity index (χ4n) is 5.05. The minimum Gasteiger partial charge on any atom is -0.454 e. The van der Waals surface area contributed by atoms with Crippen molar-refractivity contribution in [1.82, 2.24) is 19.8 Å². The van der Waals surface area contributed by atoms with E-state index in [1.807, 2.05) is 43.5 Å². The van der Waals surface area contributed by atoms with Gasteiger partial charge in [0, 0.05) is 51.2 Å². The van der Waals surface area contributed by atoms with Crippen LogP contribution in [0.25, 0.3) is 10.9 Å². The molecule has 1 N–H and O–H groups in total. The lowest BCUT2D eigenvalue weighted by atomic mass is 10.0. The van der Waals surface area contributed by atoms with Crippen LogP contribution in [0.5, 0.6) is 11.5 Å². The second kappa shape index (κ2) is 10.7. The number of pyridine rings is 2. The predicted octanol–water partition coefficient (Wildman–Crippen LogP) is 2.64. The van der Waals surface area contributed by atoms with Crippen LogP contribution in [0.1, 0.15) is 37.6 Å². The van der Waals surface area contributed by atoms with Gasteiger partial charge in [0.1, 0.15) is 17.4 Å². The average molecular weight is 520 g/mol. The van der Waals surface area contributed by atoms with E-state index in [1.54, 1.807) is 29.4 Å². The van der Waals surface area contributed by atoms with E-state index < -0.39 is 17.4 Å². The van der Waals surface area contributed by atoms with Crippen LogP contribution in [-0.2, 0) is 11.3 Å². The van der Waals surface area contributed by atoms with Gasteiger partial charge in [0.05, 0.1) is 10.9 Å². The molecule has 3 aromatic rings. The van der Waals surface area contributed by atoms with E-state index in [9.17, 15) is 14.4 Å². The van der Waals surface area contributed by atoms with Crippen molar-refractivity contribution >= 4 is 28.5 Å². The number of ether oxygens (including phenoxy) is 2. The zero-order valence-electron chi connectivity index (χ0n) is 22.0. The molecular formula is C28H33N5O5. The lowest BCUT2D eigenvalue weighted by Crippen LogP contribution is -2.55. The monoisotopic (exact) mass is 519 g/mol. The highest BCUT2D eigenvalue weighted by Crippen LogP contribution is 2.35. The topological polar surface area (TPSA) is 106 Å². The van der Waals surface area contributed by atoms with Crippen LogP contribution in [0.4, 0.5) is 5.82 Å². The van der Waals surface area contributed by atoms with Crippen molar-refractivity contribution in [2.45, 2.75) is 39.8 Å². The Morgan fingerprint density at radius 2 is 1.82 bits per heavy atom. The summed E-state index contributed by atoms with van der Waals surface area (Å²) in [6, 6.07) is 8.44. The van der Waals surface area contributed by atoms with Crippen molar-refractivity contribution in [2.75, 3.05) is 37.9 Å². The van der Waals surface area contributed by atoms with Crippen LogP contribution in [-0.4, -0.2) is 65.3 Å². The van der Waals surface area contributed by atoms with Gasteiger partial charge in [0.25, 0.3) is 5.91 Å². The van der Waals surface area contributed by atoms with E-state index in [0.717, 1.165) is 5.82 Å². The molecule has 10 heteroatoms. The van der Waals surface area contributed by atoms with E-state index in [0.29, 0.717) is 61.5 Å². The van der Waals surface area contributed by atoms with Crippen molar-refractivity contribution in [3.05, 3.63) is 58.5 Å². The lowest BCUT2D eigenvalue weighted by Gasteiger charge is -2.37. The van der Waals surface area contributed by atoms with Gasteiger partial charge in [-0.1, -0.05) is 19.9 Å². The number of aryl methyl sites for hydroxylation is 1. The molecule has 1 saturated heterocycles. The van der Waals surface area contributed by atoms with Crippen LogP contribution < -0.4 is 25.1 Å². The SMILES string of the molecule is CCn1cc(C(=O)N[C@@H](CC(C)C)C(=O)N2CCN(c3ccccn3)CC2)c(=O)c2cc3c(cc21)OCO3. The Hall–Kier alpha value is -4.08. The molecule has 2 aliphatic rings. The second-order valence-electron chi connectivity index (χ2n) is 10.0. The first-order valence-corrected chi connectivity index (χ1v) is 13.1. The van der Waals surface area contributed by atoms with E-state index in [2.05, 4.69) is 15.2 Å². The van der Waals surface area contributed by atoms with E-state index in [4.69, 9.17) is 9.47 Å². The number of hydrogen-bond acceptors (Lipinski definition) is 7. The van der Waals surface area contributed by atoms with Gasteiger partial charge >= 0.3 is 0 Å². The Morgan fingerprint density at radius 1 is 1.08 bits per heavy atom. The predicted molar refractivity (Wildman–Crippen MR) is 144 cm³/mol. The molecule has 0 aliphatic carbocycles. The van der Waals surface area contributed by atoms with Crippen LogP contribution in [0.3, 0.4) is 0 Å². The van der Waals surface area contributed by atoms with Crippen LogP contribution in [0.2, 0.25) is 0 Å². The number of carbonyl (C=O) groups excluding carboxylic acids is 2. The summed E-state index contributed by atoms with van der Waals surface area (Å²) in [7, 11) is 0. The maximum atomic E-state index is 13.6. The van der Waals surface area contributed by atoms with Crippen LogP contribution in [0, 0.1) is 5.92 Å². The number of hydrogen-bond donors (Lipinski definition) is 1. The number of anilines is 1. The number of nitrogens with one attached hydrogen (secondary N) is 1. The summed E-state index contributed by atoms with van der Waals surface area (Å²) in [4.78, 5) is 48.8. The fourth-order valence-corrected chi connectivity index (χ4v) is 5.05. The van der Waals surface area contributed by atoms with Gasteiger partial charge in [0.2, 0.25) is 18.1 Å². The third-order valence-corrected chi connectivity index (χ3v) is 7.03. The number of rotatable bonds is 7. The Morgan fingerprint density at radius 3 is 2.47 bits per heavy atom. The third kappa shape index (κ3) is 5.03. The molecule has 0 spiro atoms. The highest BCUT2D eigenvalue weighted by molar-refractivity contribution is 6.00. The maximum absolute atomic E-state index is 13.6. The van der Waals surface area contributed by atoms with Crippen LogP contribution >= 0.6 is 0 Å². The van der Waals surface area contributed by atoms with Crippen molar-refractivity contribution in [3.8, 4) is 11.5 Å².